The van der Waals surface area contributed by atoms with Gasteiger partial charge in [-0.05, 0) is 0 Å². The number of urea groups is 1. The van der Waals surface area contributed by atoms with Gasteiger partial charge in [-0.2, -0.15) is 5.12 Å². The van der Waals surface area contributed by atoms with Crippen molar-refractivity contribution < 1.29 is 4.79 Å². The van der Waals surface area contributed by atoms with E-state index in [2.05, 4.69) is 17.4 Å². The van der Waals surface area contributed by atoms with E-state index in [9.17, 15) is 4.79 Å². The molecule has 0 fully saturated rings. The Kier molecular flexibility index (Phi) is 4.59. The van der Waals surface area contributed by atoms with Crippen LogP contribution in [-0.2, 0) is 0 Å². The zero-order valence-electron chi connectivity index (χ0n) is 3.09. The molecule has 2 amide bonds. The van der Waals surface area contributed by atoms with E-state index in [-0.39, 0.29) is 7.43 Å². The Morgan fingerprint density at radius 2 is 1.57 bits per heavy atom. The van der Waals surface area contributed by atoms with E-state index in [4.69, 9.17) is 0 Å². The predicted octanol–water partition coefficient (Wildman–Crippen LogP) is -1.25. The summed E-state index contributed by atoms with van der Waals surface area (Å²) in [6.45, 7) is 0. The zero-order valence-corrected chi connectivity index (χ0v) is 3.09. The minimum atomic E-state index is -0.852. The molecule has 0 saturated carbocycles. The van der Waals surface area contributed by atoms with Gasteiger partial charge in [-0.1, -0.05) is 7.43 Å². The van der Waals surface area contributed by atoms with Crippen LogP contribution in [0.2, 0.25) is 0 Å². The minimum absolute atomic E-state index is 0. The Hall–Kier alpha value is -0.810. The first-order valence-corrected chi connectivity index (χ1v) is 1.23. The van der Waals surface area contributed by atoms with Crippen molar-refractivity contribution in [2.24, 2.45) is 17.4 Å². The standard InChI is InChI=1S/CH6N4O.CH4/c2-1(6)5(3)4;/h3-4H2,(H2,2,6);1H4. The number of hydrogen-bond acceptors (Lipinski definition) is 3. The van der Waals surface area contributed by atoms with Crippen molar-refractivity contribution in [3.8, 4) is 0 Å². The summed E-state index contributed by atoms with van der Waals surface area (Å²) in [6, 6.07) is -0.852. The third kappa shape index (κ3) is 5.19. The Morgan fingerprint density at radius 3 is 1.57 bits per heavy atom. The SMILES string of the molecule is C.NC(=O)N(N)N. The summed E-state index contributed by atoms with van der Waals surface area (Å²) in [5.41, 5.74) is 4.47. The highest BCUT2D eigenvalue weighted by molar-refractivity contribution is 5.70. The summed E-state index contributed by atoms with van der Waals surface area (Å²) in [5, 5.41) is 0.306. The fourth-order valence-corrected chi connectivity index (χ4v) is 0. The normalized spacial score (nSPS) is 6.57. The average Bonchev–Trinajstić information content (AvgIpc) is 1.36. The highest BCUT2D eigenvalue weighted by Crippen LogP contribution is 1.53. The van der Waals surface area contributed by atoms with Gasteiger partial charge in [0.2, 0.25) is 0 Å². The molecule has 0 rings (SSSR count). The second-order valence-corrected chi connectivity index (χ2v) is 0.746. The lowest BCUT2D eigenvalue weighted by Crippen LogP contribution is -2.46. The smallest absolute Gasteiger partial charge is 0.343 e. The van der Waals surface area contributed by atoms with E-state index in [0.29, 0.717) is 5.12 Å². The molecule has 7 heavy (non-hydrogen) atoms. The number of nitrogens with zero attached hydrogens (tertiary/aromatic N) is 1. The quantitative estimate of drug-likeness (QED) is 0.204. The van der Waals surface area contributed by atoms with Gasteiger partial charge in [0.1, 0.15) is 0 Å². The van der Waals surface area contributed by atoms with Gasteiger partial charge in [0, 0.05) is 0 Å². The molecular formula is C2H10N4O. The number of nitrogens with two attached hydrogens (primary N) is 3. The molecule has 0 aromatic heterocycles. The van der Waals surface area contributed by atoms with Crippen LogP contribution in [0.3, 0.4) is 0 Å². The third-order valence-electron chi connectivity index (χ3n) is 0.254. The van der Waals surface area contributed by atoms with Crippen LogP contribution >= 0.6 is 0 Å². The Balaban J connectivity index is 0. The minimum Gasteiger partial charge on any atom is -0.349 e. The van der Waals surface area contributed by atoms with Gasteiger partial charge >= 0.3 is 6.03 Å². The predicted molar refractivity (Wildman–Crippen MR) is 26.5 cm³/mol. The molecule has 44 valence electrons. The lowest BCUT2D eigenvalue weighted by molar-refractivity contribution is 0.210. The molecule has 5 heteroatoms. The number of hydrazine groups is 2. The monoisotopic (exact) mass is 106 g/mol. The number of primary amides is 1. The van der Waals surface area contributed by atoms with Crippen LogP contribution in [0.4, 0.5) is 4.79 Å². The van der Waals surface area contributed by atoms with E-state index in [1.165, 1.54) is 0 Å². The van der Waals surface area contributed by atoms with E-state index in [1.54, 1.807) is 0 Å². The molecule has 0 saturated heterocycles. The van der Waals surface area contributed by atoms with Gasteiger partial charge in [-0.25, -0.2) is 16.5 Å². The molecule has 0 aromatic carbocycles. The van der Waals surface area contributed by atoms with Crippen LogP contribution in [0.15, 0.2) is 0 Å². The third-order valence-corrected chi connectivity index (χ3v) is 0.254. The van der Waals surface area contributed by atoms with Crippen molar-refractivity contribution in [2.75, 3.05) is 0 Å². The summed E-state index contributed by atoms with van der Waals surface area (Å²) in [4.78, 5) is 9.60. The fraction of sp³-hybridized carbons (Fsp3) is 0.500. The first-order chi connectivity index (χ1) is 2.64. The maximum atomic E-state index is 9.60. The highest BCUT2D eigenvalue weighted by atomic mass is 16.2. The average molecular weight is 106 g/mol. The van der Waals surface area contributed by atoms with Gasteiger partial charge < -0.3 is 5.73 Å². The summed E-state index contributed by atoms with van der Waals surface area (Å²) >= 11 is 0. The number of carbonyl (C=O) groups excluding carboxylic acids is 1. The molecule has 0 aliphatic carbocycles. The van der Waals surface area contributed by atoms with Crippen molar-refractivity contribution in [1.29, 1.82) is 0 Å². The number of rotatable bonds is 0. The Labute approximate surface area is 42.0 Å². The second kappa shape index (κ2) is 3.38. The topological polar surface area (TPSA) is 98.4 Å². The second-order valence-electron chi connectivity index (χ2n) is 0.746. The molecule has 0 radical (unpaired) electrons. The molecule has 0 aliphatic heterocycles. The molecular weight excluding hydrogens is 96.0 g/mol. The largest absolute Gasteiger partial charge is 0.349 e. The van der Waals surface area contributed by atoms with Crippen LogP contribution in [0, 0.1) is 0 Å². The number of amides is 2. The Bertz CT molecular complexity index is 60.7. The van der Waals surface area contributed by atoms with Crippen molar-refractivity contribution >= 4 is 6.03 Å². The zero-order chi connectivity index (χ0) is 5.15. The van der Waals surface area contributed by atoms with Crippen molar-refractivity contribution in [3.63, 3.8) is 0 Å². The number of hydrogen-bond donors (Lipinski definition) is 3. The van der Waals surface area contributed by atoms with Crippen LogP contribution in [0.1, 0.15) is 7.43 Å². The Morgan fingerprint density at radius 1 is 1.43 bits per heavy atom. The van der Waals surface area contributed by atoms with E-state index in [0.717, 1.165) is 0 Å². The van der Waals surface area contributed by atoms with Gasteiger partial charge in [0.05, 0.1) is 0 Å². The van der Waals surface area contributed by atoms with E-state index >= 15 is 0 Å². The van der Waals surface area contributed by atoms with Crippen molar-refractivity contribution in [2.45, 2.75) is 7.43 Å². The maximum absolute atomic E-state index is 9.60. The van der Waals surface area contributed by atoms with Crippen LogP contribution in [0.25, 0.3) is 0 Å². The van der Waals surface area contributed by atoms with Gasteiger partial charge in [-0.15, -0.1) is 0 Å². The van der Waals surface area contributed by atoms with Gasteiger partial charge in [0.15, 0.2) is 0 Å². The van der Waals surface area contributed by atoms with Gasteiger partial charge in [0.25, 0.3) is 0 Å². The molecule has 5 nitrogen and oxygen atoms in total. The fourth-order valence-electron chi connectivity index (χ4n) is 0. The molecule has 0 atom stereocenters. The highest BCUT2D eigenvalue weighted by Gasteiger charge is 1.90. The molecule has 0 aromatic rings. The first-order valence-electron chi connectivity index (χ1n) is 1.23. The van der Waals surface area contributed by atoms with E-state index in [1.807, 2.05) is 0 Å². The lowest BCUT2D eigenvalue weighted by Gasteiger charge is -2.00. The molecule has 6 N–H and O–H groups in total. The summed E-state index contributed by atoms with van der Waals surface area (Å²) in [5.74, 6) is 9.14. The number of carbonyl (C=O) groups is 1. The van der Waals surface area contributed by atoms with Crippen LogP contribution < -0.4 is 17.4 Å². The van der Waals surface area contributed by atoms with Crippen molar-refractivity contribution in [3.05, 3.63) is 0 Å². The summed E-state index contributed by atoms with van der Waals surface area (Å²) in [7, 11) is 0. The van der Waals surface area contributed by atoms with Gasteiger partial charge in [-0.3, -0.25) is 0 Å². The van der Waals surface area contributed by atoms with Crippen LogP contribution in [0.5, 0.6) is 0 Å². The van der Waals surface area contributed by atoms with Crippen LogP contribution in [-0.4, -0.2) is 11.1 Å². The summed E-state index contributed by atoms with van der Waals surface area (Å²) < 4.78 is 0. The van der Waals surface area contributed by atoms with Crippen molar-refractivity contribution in [1.82, 2.24) is 5.12 Å². The van der Waals surface area contributed by atoms with E-state index < -0.39 is 6.03 Å². The molecule has 0 aliphatic rings. The molecule has 0 heterocycles. The lowest BCUT2D eigenvalue weighted by atomic mass is 11.1. The molecule has 0 unspecified atom stereocenters. The first kappa shape index (κ1) is 9.50. The molecule has 0 spiro atoms. The molecule has 0 bridgehead atoms. The maximum Gasteiger partial charge on any atom is 0.343 e. The summed E-state index contributed by atoms with van der Waals surface area (Å²) in [6.07, 6.45) is 0.